The molecule has 2 rings (SSSR count). The zero-order valence-corrected chi connectivity index (χ0v) is 7.82. The molecule has 0 bridgehead atoms. The first-order chi connectivity index (χ1) is 7.41. The summed E-state index contributed by atoms with van der Waals surface area (Å²) in [7, 11) is 0. The van der Waals surface area contributed by atoms with Crippen molar-refractivity contribution >= 4 is 17.0 Å². The minimum absolute atomic E-state index is 0.0299. The van der Waals surface area contributed by atoms with Crippen LogP contribution >= 0.6 is 0 Å². The molecule has 0 radical (unpaired) electrons. The summed E-state index contributed by atoms with van der Waals surface area (Å²) in [5.41, 5.74) is -1.15. The van der Waals surface area contributed by atoms with Gasteiger partial charge >= 0.3 is 12.3 Å². The van der Waals surface area contributed by atoms with E-state index in [1.165, 1.54) is 18.2 Å². The van der Waals surface area contributed by atoms with Crippen LogP contribution in [0.1, 0.15) is 5.69 Å². The molecule has 0 fully saturated rings. The third kappa shape index (κ3) is 1.52. The van der Waals surface area contributed by atoms with E-state index in [4.69, 9.17) is 5.11 Å². The summed E-state index contributed by atoms with van der Waals surface area (Å²) in [5, 5.41) is 9.03. The smallest absolute Gasteiger partial charge is 0.432 e. The normalized spacial score (nSPS) is 11.9. The van der Waals surface area contributed by atoms with Crippen LogP contribution in [0.15, 0.2) is 30.3 Å². The average molecular weight is 229 g/mol. The molecule has 16 heavy (non-hydrogen) atoms. The third-order valence-electron chi connectivity index (χ3n) is 2.19. The van der Waals surface area contributed by atoms with Crippen molar-refractivity contribution in [2.24, 2.45) is 0 Å². The minimum Gasteiger partial charge on any atom is -0.464 e. The second-order valence-corrected chi connectivity index (χ2v) is 3.20. The number of nitrogens with zero attached hydrogens (tertiary/aromatic N) is 1. The number of aromatic nitrogens is 1. The van der Waals surface area contributed by atoms with Crippen molar-refractivity contribution in [3.8, 4) is 0 Å². The van der Waals surface area contributed by atoms with Gasteiger partial charge in [-0.05, 0) is 12.1 Å². The summed E-state index contributed by atoms with van der Waals surface area (Å²) < 4.78 is 37.9. The van der Waals surface area contributed by atoms with Crippen LogP contribution in [0.4, 0.5) is 18.0 Å². The van der Waals surface area contributed by atoms with Gasteiger partial charge in [-0.15, -0.1) is 0 Å². The number of carboxylic acid groups (broad SMARTS) is 1. The molecule has 1 heterocycles. The van der Waals surface area contributed by atoms with Crippen LogP contribution in [-0.2, 0) is 6.18 Å². The van der Waals surface area contributed by atoms with Gasteiger partial charge in [0, 0.05) is 5.39 Å². The Morgan fingerprint density at radius 2 is 1.88 bits per heavy atom. The molecule has 1 aromatic heterocycles. The van der Waals surface area contributed by atoms with Crippen LogP contribution in [0.2, 0.25) is 0 Å². The van der Waals surface area contributed by atoms with E-state index in [9.17, 15) is 18.0 Å². The van der Waals surface area contributed by atoms with E-state index in [0.29, 0.717) is 0 Å². The van der Waals surface area contributed by atoms with Gasteiger partial charge in [-0.1, -0.05) is 18.2 Å². The highest BCUT2D eigenvalue weighted by Gasteiger charge is 2.37. The lowest BCUT2D eigenvalue weighted by molar-refractivity contribution is -0.142. The Balaban J connectivity index is 2.84. The standard InChI is InChI=1S/C10H6F3NO2/c11-10(12,13)8-5-6-3-1-2-4-7(6)14(8)9(15)16/h1-5H,(H,15,16). The number of hydrogen-bond acceptors (Lipinski definition) is 1. The largest absolute Gasteiger partial charge is 0.464 e. The molecule has 0 aliphatic heterocycles. The molecule has 0 saturated heterocycles. The van der Waals surface area contributed by atoms with Crippen LogP contribution in [0.5, 0.6) is 0 Å². The van der Waals surface area contributed by atoms with Crippen LogP contribution in [0.3, 0.4) is 0 Å². The predicted molar refractivity (Wildman–Crippen MR) is 50.4 cm³/mol. The first-order valence-electron chi connectivity index (χ1n) is 4.32. The monoisotopic (exact) mass is 229 g/mol. The summed E-state index contributed by atoms with van der Waals surface area (Å²) in [6.45, 7) is 0. The SMILES string of the molecule is O=C(O)n1c(C(F)(F)F)cc2ccccc21. The third-order valence-corrected chi connectivity index (χ3v) is 2.19. The molecule has 3 nitrogen and oxygen atoms in total. The van der Waals surface area contributed by atoms with E-state index < -0.39 is 18.0 Å². The topological polar surface area (TPSA) is 42.2 Å². The summed E-state index contributed by atoms with van der Waals surface area (Å²) >= 11 is 0. The summed E-state index contributed by atoms with van der Waals surface area (Å²) in [6.07, 6.45) is -6.33. The number of alkyl halides is 3. The molecule has 0 unspecified atom stereocenters. The molecule has 0 amide bonds. The van der Waals surface area contributed by atoms with Gasteiger partial charge in [0.1, 0.15) is 5.69 Å². The van der Waals surface area contributed by atoms with Gasteiger partial charge < -0.3 is 5.11 Å². The lowest BCUT2D eigenvalue weighted by Crippen LogP contribution is -2.18. The maximum atomic E-state index is 12.6. The Morgan fingerprint density at radius 1 is 1.25 bits per heavy atom. The first kappa shape index (κ1) is 10.5. The molecule has 0 aliphatic carbocycles. The molecule has 0 saturated carbocycles. The lowest BCUT2D eigenvalue weighted by Gasteiger charge is -2.07. The van der Waals surface area contributed by atoms with E-state index in [0.717, 1.165) is 6.07 Å². The molecular formula is C10H6F3NO2. The van der Waals surface area contributed by atoms with Crippen molar-refractivity contribution in [2.45, 2.75) is 6.18 Å². The summed E-state index contributed by atoms with van der Waals surface area (Å²) in [5.74, 6) is 0. The van der Waals surface area contributed by atoms with Gasteiger partial charge in [0.05, 0.1) is 5.52 Å². The van der Waals surface area contributed by atoms with E-state index in [1.54, 1.807) is 6.07 Å². The fraction of sp³-hybridized carbons (Fsp3) is 0.100. The molecule has 0 spiro atoms. The second kappa shape index (κ2) is 3.26. The van der Waals surface area contributed by atoms with Crippen molar-refractivity contribution in [3.63, 3.8) is 0 Å². The summed E-state index contributed by atoms with van der Waals surface area (Å²) in [6, 6.07) is 6.63. The highest BCUT2D eigenvalue weighted by Crippen LogP contribution is 2.33. The number of fused-ring (bicyclic) bond motifs is 1. The molecule has 2 aromatic rings. The van der Waals surface area contributed by atoms with Crippen molar-refractivity contribution in [1.82, 2.24) is 4.57 Å². The number of halogens is 3. The second-order valence-electron chi connectivity index (χ2n) is 3.20. The molecule has 84 valence electrons. The summed E-state index contributed by atoms with van der Waals surface area (Å²) in [4.78, 5) is 10.8. The molecule has 6 heteroatoms. The van der Waals surface area contributed by atoms with Gasteiger partial charge in [-0.3, -0.25) is 0 Å². The van der Waals surface area contributed by atoms with Crippen LogP contribution < -0.4 is 0 Å². The van der Waals surface area contributed by atoms with Crippen molar-refractivity contribution < 1.29 is 23.1 Å². The lowest BCUT2D eigenvalue weighted by atomic mass is 10.2. The fourth-order valence-electron chi connectivity index (χ4n) is 1.57. The number of carbonyl (C=O) groups is 1. The van der Waals surface area contributed by atoms with Crippen LogP contribution in [-0.4, -0.2) is 15.8 Å². The van der Waals surface area contributed by atoms with Crippen molar-refractivity contribution in [2.75, 3.05) is 0 Å². The molecule has 0 aliphatic rings. The van der Waals surface area contributed by atoms with Gasteiger partial charge in [0.25, 0.3) is 0 Å². The number of rotatable bonds is 0. The van der Waals surface area contributed by atoms with Crippen molar-refractivity contribution in [1.29, 1.82) is 0 Å². The first-order valence-corrected chi connectivity index (χ1v) is 4.32. The van der Waals surface area contributed by atoms with E-state index in [2.05, 4.69) is 0 Å². The average Bonchev–Trinajstić information content (AvgIpc) is 2.55. The van der Waals surface area contributed by atoms with E-state index in [-0.39, 0.29) is 15.5 Å². The van der Waals surface area contributed by atoms with Crippen LogP contribution in [0.25, 0.3) is 10.9 Å². The Labute approximate surface area is 87.7 Å². The van der Waals surface area contributed by atoms with Gasteiger partial charge in [-0.2, -0.15) is 13.2 Å². The molecule has 1 N–H and O–H groups in total. The van der Waals surface area contributed by atoms with Gasteiger partial charge in [0.15, 0.2) is 0 Å². The van der Waals surface area contributed by atoms with E-state index >= 15 is 0 Å². The van der Waals surface area contributed by atoms with Gasteiger partial charge in [0.2, 0.25) is 0 Å². The van der Waals surface area contributed by atoms with Crippen molar-refractivity contribution in [3.05, 3.63) is 36.0 Å². The highest BCUT2D eigenvalue weighted by atomic mass is 19.4. The number of benzene rings is 1. The fourth-order valence-corrected chi connectivity index (χ4v) is 1.57. The quantitative estimate of drug-likeness (QED) is 0.753. The Hall–Kier alpha value is -1.98. The highest BCUT2D eigenvalue weighted by molar-refractivity contribution is 5.90. The zero-order valence-electron chi connectivity index (χ0n) is 7.82. The maximum Gasteiger partial charge on any atom is 0.432 e. The maximum absolute atomic E-state index is 12.6. The predicted octanol–water partition coefficient (Wildman–Crippen LogP) is 3.19. The number of hydrogen-bond donors (Lipinski definition) is 1. The molecular weight excluding hydrogens is 223 g/mol. The van der Waals surface area contributed by atoms with E-state index in [1.807, 2.05) is 0 Å². The zero-order chi connectivity index (χ0) is 11.9. The Morgan fingerprint density at radius 3 is 2.44 bits per heavy atom. The number of para-hydroxylation sites is 1. The molecule has 0 atom stereocenters. The van der Waals surface area contributed by atoms with Crippen LogP contribution in [0, 0.1) is 0 Å². The van der Waals surface area contributed by atoms with Gasteiger partial charge in [-0.25, -0.2) is 9.36 Å². The Kier molecular flexibility index (Phi) is 2.15. The minimum atomic E-state index is -4.68. The Bertz CT molecular complexity index is 557. The molecule has 1 aromatic carbocycles.